The van der Waals surface area contributed by atoms with Gasteiger partial charge in [-0.2, -0.15) is 0 Å². The second-order valence-electron chi connectivity index (χ2n) is 6.00. The fourth-order valence-corrected chi connectivity index (χ4v) is 2.89. The molecule has 1 heterocycles. The van der Waals surface area contributed by atoms with Crippen LogP contribution in [0.1, 0.15) is 29.3 Å². The Kier molecular flexibility index (Phi) is 4.93. The summed E-state index contributed by atoms with van der Waals surface area (Å²) in [6, 6.07) is 14.3. The van der Waals surface area contributed by atoms with E-state index >= 15 is 0 Å². The molecule has 0 bridgehead atoms. The number of ether oxygens (including phenoxy) is 1. The zero-order valence-electron chi connectivity index (χ0n) is 14.0. The third kappa shape index (κ3) is 3.60. The summed E-state index contributed by atoms with van der Waals surface area (Å²) in [5.41, 5.74) is 2.29. The zero-order chi connectivity index (χ0) is 17.8. The molecule has 2 aromatic carbocycles. The minimum atomic E-state index is -0.543. The zero-order valence-corrected chi connectivity index (χ0v) is 14.0. The van der Waals surface area contributed by atoms with Gasteiger partial charge in [0.2, 0.25) is 5.91 Å². The number of hydrogen-bond donors (Lipinski definition) is 0. The molecule has 0 aliphatic carbocycles. The topological polar surface area (TPSA) is 63.7 Å². The molecule has 25 heavy (non-hydrogen) atoms. The van der Waals surface area contributed by atoms with Crippen LogP contribution >= 0.6 is 0 Å². The summed E-state index contributed by atoms with van der Waals surface area (Å²) in [6.45, 7) is 2.35. The maximum absolute atomic E-state index is 12.4. The Morgan fingerprint density at radius 3 is 2.60 bits per heavy atom. The average molecular weight is 337 g/mol. The lowest BCUT2D eigenvalue weighted by atomic mass is 10.1. The van der Waals surface area contributed by atoms with E-state index in [1.807, 2.05) is 24.3 Å². The summed E-state index contributed by atoms with van der Waals surface area (Å²) >= 11 is 0. The first kappa shape index (κ1) is 16.9. The van der Waals surface area contributed by atoms with Gasteiger partial charge in [-0.1, -0.05) is 31.2 Å². The van der Waals surface area contributed by atoms with Crippen molar-refractivity contribution in [2.45, 2.75) is 19.8 Å². The predicted octanol–water partition coefficient (Wildman–Crippen LogP) is 3.02. The highest BCUT2D eigenvalue weighted by Crippen LogP contribution is 2.27. The Labute approximate surface area is 146 Å². The number of aldehydes is 1. The summed E-state index contributed by atoms with van der Waals surface area (Å²) < 4.78 is 5.34. The van der Waals surface area contributed by atoms with Gasteiger partial charge in [0.25, 0.3) is 0 Å². The third-order valence-corrected chi connectivity index (χ3v) is 4.37. The smallest absolute Gasteiger partial charge is 0.316 e. The van der Waals surface area contributed by atoms with Crippen molar-refractivity contribution in [3.63, 3.8) is 0 Å². The van der Waals surface area contributed by atoms with Crippen molar-refractivity contribution in [3.8, 4) is 5.75 Å². The largest absolute Gasteiger partial charge is 0.425 e. The van der Waals surface area contributed by atoms with Crippen LogP contribution in [-0.2, 0) is 16.0 Å². The fraction of sp³-hybridized carbons (Fsp3) is 0.250. The molecule has 5 heteroatoms. The van der Waals surface area contributed by atoms with Crippen molar-refractivity contribution >= 4 is 23.9 Å². The molecule has 0 N–H and O–H groups in total. The standard InChI is InChI=1S/C20H19NO4/c1-2-14-7-9-17(10-8-14)21-12-16(11-19(21)23)20(24)25-18-6-4-3-5-15(18)13-22/h3-10,13,16H,2,11-12H2,1H3/t16-/m1/s1. The van der Waals surface area contributed by atoms with Crippen molar-refractivity contribution in [1.82, 2.24) is 0 Å². The monoisotopic (exact) mass is 337 g/mol. The van der Waals surface area contributed by atoms with Gasteiger partial charge in [-0.05, 0) is 36.2 Å². The van der Waals surface area contributed by atoms with E-state index in [9.17, 15) is 14.4 Å². The van der Waals surface area contributed by atoms with Crippen molar-refractivity contribution in [2.75, 3.05) is 11.4 Å². The Hall–Kier alpha value is -2.95. The molecule has 1 amide bonds. The summed E-state index contributed by atoms with van der Waals surface area (Å²) in [5.74, 6) is -0.913. The van der Waals surface area contributed by atoms with Crippen molar-refractivity contribution in [3.05, 3.63) is 59.7 Å². The number of anilines is 1. The van der Waals surface area contributed by atoms with E-state index in [-0.39, 0.29) is 24.6 Å². The second-order valence-corrected chi connectivity index (χ2v) is 6.00. The summed E-state index contributed by atoms with van der Waals surface area (Å²) in [6.07, 6.45) is 1.68. The van der Waals surface area contributed by atoms with Crippen LogP contribution in [0.2, 0.25) is 0 Å². The summed E-state index contributed by atoms with van der Waals surface area (Å²) in [5, 5.41) is 0. The molecule has 0 saturated carbocycles. The van der Waals surface area contributed by atoms with Gasteiger partial charge in [-0.3, -0.25) is 14.4 Å². The van der Waals surface area contributed by atoms with Gasteiger partial charge in [0.05, 0.1) is 11.5 Å². The first-order chi connectivity index (χ1) is 12.1. The average Bonchev–Trinajstić information content (AvgIpc) is 3.04. The van der Waals surface area contributed by atoms with Gasteiger partial charge in [0.1, 0.15) is 5.75 Å². The first-order valence-corrected chi connectivity index (χ1v) is 8.27. The maximum Gasteiger partial charge on any atom is 0.316 e. The van der Waals surface area contributed by atoms with Crippen LogP contribution in [0.25, 0.3) is 0 Å². The summed E-state index contributed by atoms with van der Waals surface area (Å²) in [7, 11) is 0. The predicted molar refractivity (Wildman–Crippen MR) is 93.7 cm³/mol. The highest BCUT2D eigenvalue weighted by Gasteiger charge is 2.36. The van der Waals surface area contributed by atoms with Crippen molar-refractivity contribution in [1.29, 1.82) is 0 Å². The lowest BCUT2D eigenvalue weighted by Gasteiger charge is -2.17. The van der Waals surface area contributed by atoms with E-state index < -0.39 is 11.9 Å². The second kappa shape index (κ2) is 7.30. The number of carbonyl (C=O) groups excluding carboxylic acids is 3. The molecular weight excluding hydrogens is 318 g/mol. The van der Waals surface area contributed by atoms with Gasteiger partial charge in [-0.25, -0.2) is 0 Å². The Morgan fingerprint density at radius 1 is 1.20 bits per heavy atom. The Morgan fingerprint density at radius 2 is 1.92 bits per heavy atom. The van der Waals surface area contributed by atoms with E-state index in [0.717, 1.165) is 12.1 Å². The quantitative estimate of drug-likeness (QED) is 0.478. The van der Waals surface area contributed by atoms with Crippen LogP contribution in [-0.4, -0.2) is 24.7 Å². The van der Waals surface area contributed by atoms with E-state index in [1.54, 1.807) is 29.2 Å². The number of carbonyl (C=O) groups is 3. The van der Waals surface area contributed by atoms with E-state index in [1.165, 1.54) is 5.56 Å². The van der Waals surface area contributed by atoms with Crippen LogP contribution in [0.15, 0.2) is 48.5 Å². The first-order valence-electron chi connectivity index (χ1n) is 8.27. The van der Waals surface area contributed by atoms with Gasteiger partial charge >= 0.3 is 5.97 Å². The number of para-hydroxylation sites is 1. The van der Waals surface area contributed by atoms with Crippen molar-refractivity contribution < 1.29 is 19.1 Å². The number of rotatable bonds is 5. The number of aryl methyl sites for hydroxylation is 1. The minimum absolute atomic E-state index is 0.102. The number of benzene rings is 2. The highest BCUT2D eigenvalue weighted by molar-refractivity contribution is 5.99. The summed E-state index contributed by atoms with van der Waals surface area (Å²) in [4.78, 5) is 37.3. The molecule has 1 aliphatic heterocycles. The van der Waals surface area contributed by atoms with Gasteiger partial charge < -0.3 is 9.64 Å². The number of esters is 1. The van der Waals surface area contributed by atoms with Crippen LogP contribution < -0.4 is 9.64 Å². The number of amides is 1. The molecule has 128 valence electrons. The van der Waals surface area contributed by atoms with Crippen LogP contribution in [0.3, 0.4) is 0 Å². The highest BCUT2D eigenvalue weighted by atomic mass is 16.5. The molecule has 0 unspecified atom stereocenters. The SMILES string of the molecule is CCc1ccc(N2C[C@H](C(=O)Oc3ccccc3C=O)CC2=O)cc1. The minimum Gasteiger partial charge on any atom is -0.425 e. The normalized spacial score (nSPS) is 16.8. The molecule has 1 atom stereocenters. The molecule has 1 fully saturated rings. The van der Waals surface area contributed by atoms with Crippen molar-refractivity contribution in [2.24, 2.45) is 5.92 Å². The van der Waals surface area contributed by atoms with Gasteiger partial charge in [-0.15, -0.1) is 0 Å². The van der Waals surface area contributed by atoms with Crippen LogP contribution in [0.4, 0.5) is 5.69 Å². The van der Waals surface area contributed by atoms with Gasteiger partial charge in [0, 0.05) is 18.7 Å². The molecule has 5 nitrogen and oxygen atoms in total. The van der Waals surface area contributed by atoms with E-state index in [4.69, 9.17) is 4.74 Å². The fourth-order valence-electron chi connectivity index (χ4n) is 2.89. The molecule has 2 aromatic rings. The number of nitrogens with zero attached hydrogens (tertiary/aromatic N) is 1. The Balaban J connectivity index is 1.71. The lowest BCUT2D eigenvalue weighted by molar-refractivity contribution is -0.139. The number of hydrogen-bond acceptors (Lipinski definition) is 4. The molecule has 1 aliphatic rings. The van der Waals surface area contributed by atoms with Crippen LogP contribution in [0.5, 0.6) is 5.75 Å². The molecule has 0 spiro atoms. The molecular formula is C20H19NO4. The molecule has 0 aromatic heterocycles. The van der Waals surface area contributed by atoms with E-state index in [0.29, 0.717) is 11.8 Å². The van der Waals surface area contributed by atoms with Gasteiger partial charge in [0.15, 0.2) is 6.29 Å². The molecule has 1 saturated heterocycles. The third-order valence-electron chi connectivity index (χ3n) is 4.37. The molecule has 3 rings (SSSR count). The van der Waals surface area contributed by atoms with E-state index in [2.05, 4.69) is 6.92 Å². The maximum atomic E-state index is 12.4. The lowest BCUT2D eigenvalue weighted by Crippen LogP contribution is -2.27. The Bertz CT molecular complexity index is 798. The van der Waals surface area contributed by atoms with Crippen LogP contribution in [0, 0.1) is 5.92 Å². The molecule has 0 radical (unpaired) electrons.